The van der Waals surface area contributed by atoms with E-state index in [0.29, 0.717) is 17.9 Å². The van der Waals surface area contributed by atoms with Gasteiger partial charge in [0.05, 0.1) is 19.3 Å². The molecule has 2 nitrogen and oxygen atoms in total. The first-order valence-corrected chi connectivity index (χ1v) is 7.37. The van der Waals surface area contributed by atoms with E-state index in [1.165, 1.54) is 6.07 Å². The van der Waals surface area contributed by atoms with E-state index >= 15 is 0 Å². The van der Waals surface area contributed by atoms with Gasteiger partial charge < -0.3 is 9.47 Å². The zero-order chi connectivity index (χ0) is 16.3. The molecule has 0 aromatic heterocycles. The summed E-state index contributed by atoms with van der Waals surface area (Å²) in [4.78, 5) is 0. The molecule has 0 N–H and O–H groups in total. The van der Waals surface area contributed by atoms with E-state index in [9.17, 15) is 4.39 Å². The van der Waals surface area contributed by atoms with Gasteiger partial charge in [-0.2, -0.15) is 0 Å². The van der Waals surface area contributed by atoms with Gasteiger partial charge in [-0.3, -0.25) is 0 Å². The van der Waals surface area contributed by atoms with Crippen LogP contribution in [0.5, 0.6) is 5.75 Å². The van der Waals surface area contributed by atoms with Crippen molar-refractivity contribution in [3.8, 4) is 16.9 Å². The van der Waals surface area contributed by atoms with Crippen molar-refractivity contribution in [2.75, 3.05) is 7.11 Å². The van der Waals surface area contributed by atoms with E-state index in [1.54, 1.807) is 19.2 Å². The lowest BCUT2D eigenvalue weighted by molar-refractivity contribution is -0.0147. The van der Waals surface area contributed by atoms with Gasteiger partial charge in [0.1, 0.15) is 11.6 Å². The van der Waals surface area contributed by atoms with Crippen molar-refractivity contribution in [1.82, 2.24) is 0 Å². The maximum atomic E-state index is 14.3. The lowest BCUT2D eigenvalue weighted by atomic mass is 9.97. The molecule has 2 aromatic rings. The monoisotopic (exact) mass is 302 g/mol. The Morgan fingerprint density at radius 3 is 2.36 bits per heavy atom. The Labute approximate surface area is 131 Å². The number of benzene rings is 2. The van der Waals surface area contributed by atoms with Gasteiger partial charge in [0, 0.05) is 5.56 Å². The van der Waals surface area contributed by atoms with Crippen LogP contribution in [0.4, 0.5) is 4.39 Å². The molecule has 0 fully saturated rings. The van der Waals surface area contributed by atoms with Crippen molar-refractivity contribution >= 4 is 0 Å². The van der Waals surface area contributed by atoms with Crippen molar-refractivity contribution in [3.63, 3.8) is 0 Å². The summed E-state index contributed by atoms with van der Waals surface area (Å²) in [6.07, 6.45) is 0. The van der Waals surface area contributed by atoms with Gasteiger partial charge in [-0.1, -0.05) is 23.8 Å². The molecule has 3 heteroatoms. The molecule has 22 heavy (non-hydrogen) atoms. The molecule has 0 heterocycles. The topological polar surface area (TPSA) is 18.5 Å². The molecule has 2 aromatic carbocycles. The van der Waals surface area contributed by atoms with E-state index in [4.69, 9.17) is 9.47 Å². The molecule has 0 aliphatic carbocycles. The average molecular weight is 302 g/mol. The normalized spacial score (nSPS) is 11.5. The quantitative estimate of drug-likeness (QED) is 0.780. The minimum absolute atomic E-state index is 0.242. The fourth-order valence-electron chi connectivity index (χ4n) is 2.24. The van der Waals surface area contributed by atoms with E-state index in [-0.39, 0.29) is 11.4 Å². The summed E-state index contributed by atoms with van der Waals surface area (Å²) < 4.78 is 25.3. The average Bonchev–Trinajstić information content (AvgIpc) is 2.45. The third-order valence-corrected chi connectivity index (χ3v) is 3.39. The zero-order valence-corrected chi connectivity index (χ0v) is 13.9. The summed E-state index contributed by atoms with van der Waals surface area (Å²) in [5, 5.41) is 0. The van der Waals surface area contributed by atoms with Crippen molar-refractivity contribution in [2.24, 2.45) is 0 Å². The van der Waals surface area contributed by atoms with Crippen LogP contribution in [-0.4, -0.2) is 12.7 Å². The Morgan fingerprint density at radius 1 is 1.00 bits per heavy atom. The number of hydrogen-bond donors (Lipinski definition) is 0. The molecular formula is C19H23FO2. The number of methoxy groups -OCH3 is 1. The summed E-state index contributed by atoms with van der Waals surface area (Å²) in [5.74, 6) is 0.376. The van der Waals surface area contributed by atoms with Crippen molar-refractivity contribution in [3.05, 3.63) is 53.3 Å². The minimum Gasteiger partial charge on any atom is -0.497 e. The molecule has 2 rings (SSSR count). The van der Waals surface area contributed by atoms with E-state index in [2.05, 4.69) is 0 Å². The van der Waals surface area contributed by atoms with Crippen LogP contribution in [0.1, 0.15) is 31.9 Å². The molecule has 0 radical (unpaired) electrons. The zero-order valence-electron chi connectivity index (χ0n) is 13.9. The second kappa shape index (κ2) is 6.49. The van der Waals surface area contributed by atoms with Gasteiger partial charge in [-0.05, 0) is 57.0 Å². The summed E-state index contributed by atoms with van der Waals surface area (Å²) in [6, 6.07) is 10.7. The van der Waals surface area contributed by atoms with Gasteiger partial charge in [0.25, 0.3) is 0 Å². The number of rotatable bonds is 4. The van der Waals surface area contributed by atoms with Crippen LogP contribution in [-0.2, 0) is 11.3 Å². The van der Waals surface area contributed by atoms with E-state index in [0.717, 1.165) is 16.7 Å². The highest BCUT2D eigenvalue weighted by Gasteiger charge is 2.15. The molecule has 0 spiro atoms. The maximum absolute atomic E-state index is 14.3. The van der Waals surface area contributed by atoms with Gasteiger partial charge in [-0.15, -0.1) is 0 Å². The van der Waals surface area contributed by atoms with Gasteiger partial charge in [0.2, 0.25) is 0 Å². The summed E-state index contributed by atoms with van der Waals surface area (Å²) >= 11 is 0. The SMILES string of the molecule is COc1ccc(F)c(-c2ccc(C)cc2COC(C)(C)C)c1. The first-order valence-electron chi connectivity index (χ1n) is 7.37. The molecule has 0 aliphatic heterocycles. The van der Waals surface area contributed by atoms with E-state index < -0.39 is 0 Å². The fraction of sp³-hybridized carbons (Fsp3) is 0.368. The van der Waals surface area contributed by atoms with Gasteiger partial charge in [0.15, 0.2) is 0 Å². The van der Waals surface area contributed by atoms with Crippen molar-refractivity contribution in [1.29, 1.82) is 0 Å². The second-order valence-electron chi connectivity index (χ2n) is 6.41. The predicted octanol–water partition coefficient (Wildman–Crippen LogP) is 5.12. The van der Waals surface area contributed by atoms with Crippen LogP contribution in [0.3, 0.4) is 0 Å². The van der Waals surface area contributed by atoms with Crippen LogP contribution in [0, 0.1) is 12.7 Å². The van der Waals surface area contributed by atoms with Crippen molar-refractivity contribution in [2.45, 2.75) is 39.9 Å². The van der Waals surface area contributed by atoms with Gasteiger partial charge in [-0.25, -0.2) is 4.39 Å². The third kappa shape index (κ3) is 4.08. The minimum atomic E-state index is -0.262. The first kappa shape index (κ1) is 16.5. The summed E-state index contributed by atoms with van der Waals surface area (Å²) in [7, 11) is 1.58. The van der Waals surface area contributed by atoms with Crippen LogP contribution < -0.4 is 4.74 Å². The molecule has 0 amide bonds. The molecule has 0 bridgehead atoms. The maximum Gasteiger partial charge on any atom is 0.131 e. The Kier molecular flexibility index (Phi) is 4.87. The molecule has 0 saturated carbocycles. The molecule has 0 aliphatic rings. The van der Waals surface area contributed by atoms with Crippen LogP contribution in [0.2, 0.25) is 0 Å². The standard InChI is InChI=1S/C19H23FO2/c1-13-6-8-16(14(10-13)12-22-19(2,3)4)17-11-15(21-5)7-9-18(17)20/h6-11H,12H2,1-5H3. The molecule has 0 saturated heterocycles. The number of aryl methyl sites for hydroxylation is 1. The molecule has 0 atom stereocenters. The third-order valence-electron chi connectivity index (χ3n) is 3.39. The lowest BCUT2D eigenvalue weighted by Gasteiger charge is -2.21. The Balaban J connectivity index is 2.46. The highest BCUT2D eigenvalue weighted by Crippen LogP contribution is 2.31. The fourth-order valence-corrected chi connectivity index (χ4v) is 2.24. The second-order valence-corrected chi connectivity index (χ2v) is 6.41. The highest BCUT2D eigenvalue weighted by molar-refractivity contribution is 5.69. The van der Waals surface area contributed by atoms with Gasteiger partial charge >= 0.3 is 0 Å². The molecular weight excluding hydrogens is 279 g/mol. The van der Waals surface area contributed by atoms with Crippen LogP contribution in [0.15, 0.2) is 36.4 Å². The Hall–Kier alpha value is -1.87. The summed E-state index contributed by atoms with van der Waals surface area (Å²) in [6.45, 7) is 8.49. The Morgan fingerprint density at radius 2 is 1.73 bits per heavy atom. The number of ether oxygens (including phenoxy) is 2. The van der Waals surface area contributed by atoms with Crippen molar-refractivity contribution < 1.29 is 13.9 Å². The highest BCUT2D eigenvalue weighted by atomic mass is 19.1. The predicted molar refractivity (Wildman–Crippen MR) is 87.7 cm³/mol. The Bertz CT molecular complexity index is 657. The largest absolute Gasteiger partial charge is 0.497 e. The summed E-state index contributed by atoms with van der Waals surface area (Å²) in [5.41, 5.74) is 3.23. The molecule has 118 valence electrons. The first-order chi connectivity index (χ1) is 10.3. The molecule has 0 unspecified atom stereocenters. The van der Waals surface area contributed by atoms with Crippen LogP contribution in [0.25, 0.3) is 11.1 Å². The smallest absolute Gasteiger partial charge is 0.131 e. The van der Waals surface area contributed by atoms with Crippen LogP contribution >= 0.6 is 0 Å². The van der Waals surface area contributed by atoms with E-state index in [1.807, 2.05) is 45.9 Å². The lowest BCUT2D eigenvalue weighted by Crippen LogP contribution is -2.19. The number of halogens is 1. The number of hydrogen-bond acceptors (Lipinski definition) is 2.